The maximum absolute atomic E-state index is 6.18. The molecule has 2 nitrogen and oxygen atoms in total. The Morgan fingerprint density at radius 2 is 1.94 bits per heavy atom. The summed E-state index contributed by atoms with van der Waals surface area (Å²) in [6.07, 6.45) is 11.0. The maximum Gasteiger partial charge on any atom is 0.0359 e. The first-order valence-electron chi connectivity index (χ1n) is 7.17. The van der Waals surface area contributed by atoms with E-state index in [1.165, 1.54) is 51.4 Å². The molecule has 0 heterocycles. The summed E-state index contributed by atoms with van der Waals surface area (Å²) < 4.78 is 0. The van der Waals surface area contributed by atoms with Crippen molar-refractivity contribution in [1.82, 2.24) is 4.90 Å². The second-order valence-corrected chi connectivity index (χ2v) is 5.85. The number of likely N-dealkylation sites (N-methyl/N-ethyl adjacent to an activating group) is 1. The Morgan fingerprint density at radius 1 is 1.19 bits per heavy atom. The fraction of sp³-hybridized carbons (Fsp3) is 1.00. The minimum absolute atomic E-state index is 0.331. The molecule has 2 unspecified atom stereocenters. The van der Waals surface area contributed by atoms with Crippen molar-refractivity contribution >= 4 is 0 Å². The molecule has 2 atom stereocenters. The van der Waals surface area contributed by atoms with Crippen LogP contribution >= 0.6 is 0 Å². The quantitative estimate of drug-likeness (QED) is 0.795. The van der Waals surface area contributed by atoms with Gasteiger partial charge in [-0.2, -0.15) is 0 Å². The summed E-state index contributed by atoms with van der Waals surface area (Å²) in [6, 6.07) is 0.829. The van der Waals surface area contributed by atoms with E-state index < -0.39 is 0 Å². The minimum atomic E-state index is 0.331. The van der Waals surface area contributed by atoms with Gasteiger partial charge >= 0.3 is 0 Å². The van der Waals surface area contributed by atoms with E-state index in [0.717, 1.165) is 18.5 Å². The van der Waals surface area contributed by atoms with Gasteiger partial charge in [-0.1, -0.05) is 32.6 Å². The summed E-state index contributed by atoms with van der Waals surface area (Å²) in [5.74, 6) is 0.830. The summed E-state index contributed by atoms with van der Waals surface area (Å²) in [4.78, 5) is 2.67. The van der Waals surface area contributed by atoms with Gasteiger partial charge < -0.3 is 5.73 Å². The Labute approximate surface area is 101 Å². The van der Waals surface area contributed by atoms with Crippen LogP contribution in [0.5, 0.6) is 0 Å². The number of nitrogens with two attached hydrogens (primary N) is 1. The summed E-state index contributed by atoms with van der Waals surface area (Å²) in [6.45, 7) is 3.20. The van der Waals surface area contributed by atoms with Crippen LogP contribution in [0.15, 0.2) is 0 Å². The highest BCUT2D eigenvalue weighted by Crippen LogP contribution is 2.42. The first kappa shape index (κ1) is 12.4. The summed E-state index contributed by atoms with van der Waals surface area (Å²) in [7, 11) is 2.34. The molecule has 0 aromatic rings. The van der Waals surface area contributed by atoms with Gasteiger partial charge in [-0.3, -0.25) is 4.90 Å². The van der Waals surface area contributed by atoms with E-state index in [-0.39, 0.29) is 0 Å². The molecule has 0 bridgehead atoms. The largest absolute Gasteiger partial charge is 0.329 e. The number of hydrogen-bond donors (Lipinski definition) is 1. The van der Waals surface area contributed by atoms with Gasteiger partial charge in [0, 0.05) is 18.1 Å². The van der Waals surface area contributed by atoms with Gasteiger partial charge in [-0.15, -0.1) is 0 Å². The Kier molecular flexibility index (Phi) is 3.91. The molecule has 94 valence electrons. The van der Waals surface area contributed by atoms with Crippen molar-refractivity contribution in [2.75, 3.05) is 13.6 Å². The molecular weight excluding hydrogens is 196 g/mol. The molecule has 2 N–H and O–H groups in total. The lowest BCUT2D eigenvalue weighted by molar-refractivity contribution is -0.0284. The van der Waals surface area contributed by atoms with E-state index in [2.05, 4.69) is 18.9 Å². The zero-order chi connectivity index (χ0) is 11.6. The average molecular weight is 224 g/mol. The smallest absolute Gasteiger partial charge is 0.0359 e. The highest BCUT2D eigenvalue weighted by Gasteiger charge is 2.45. The lowest BCUT2D eigenvalue weighted by Crippen LogP contribution is -2.62. The Bertz CT molecular complexity index is 225. The molecule has 2 heteroatoms. The topological polar surface area (TPSA) is 29.3 Å². The Hall–Kier alpha value is -0.0800. The Morgan fingerprint density at radius 3 is 2.44 bits per heavy atom. The van der Waals surface area contributed by atoms with Crippen molar-refractivity contribution in [3.8, 4) is 0 Å². The minimum Gasteiger partial charge on any atom is -0.329 e. The standard InChI is InChI=1S/C14H28N2/c1-3-12-7-4-5-10-14(12,11-15)16(2)13-8-6-9-13/h12-13H,3-11,15H2,1-2H3. The van der Waals surface area contributed by atoms with E-state index in [0.29, 0.717) is 5.54 Å². The van der Waals surface area contributed by atoms with Crippen molar-refractivity contribution in [3.63, 3.8) is 0 Å². The van der Waals surface area contributed by atoms with Gasteiger partial charge in [-0.25, -0.2) is 0 Å². The van der Waals surface area contributed by atoms with Gasteiger partial charge in [0.15, 0.2) is 0 Å². The lowest BCUT2D eigenvalue weighted by atomic mass is 9.69. The SMILES string of the molecule is CCC1CCCCC1(CN)N(C)C1CCC1. The van der Waals surface area contributed by atoms with Crippen LogP contribution in [0.3, 0.4) is 0 Å². The number of hydrogen-bond acceptors (Lipinski definition) is 2. The summed E-state index contributed by atoms with van der Waals surface area (Å²) in [5, 5.41) is 0. The summed E-state index contributed by atoms with van der Waals surface area (Å²) in [5.41, 5.74) is 6.51. The summed E-state index contributed by atoms with van der Waals surface area (Å²) >= 11 is 0. The van der Waals surface area contributed by atoms with E-state index >= 15 is 0 Å². The first-order chi connectivity index (χ1) is 7.74. The van der Waals surface area contributed by atoms with Crippen LogP contribution in [0.1, 0.15) is 58.3 Å². The lowest BCUT2D eigenvalue weighted by Gasteiger charge is -2.54. The maximum atomic E-state index is 6.18. The van der Waals surface area contributed by atoms with Crippen molar-refractivity contribution in [2.45, 2.75) is 69.9 Å². The van der Waals surface area contributed by atoms with Crippen molar-refractivity contribution in [3.05, 3.63) is 0 Å². The second kappa shape index (κ2) is 5.05. The van der Waals surface area contributed by atoms with Crippen LogP contribution in [-0.2, 0) is 0 Å². The van der Waals surface area contributed by atoms with Crippen molar-refractivity contribution < 1.29 is 0 Å². The van der Waals surface area contributed by atoms with E-state index in [1.807, 2.05) is 0 Å². The number of nitrogens with zero attached hydrogens (tertiary/aromatic N) is 1. The molecule has 0 spiro atoms. The zero-order valence-electron chi connectivity index (χ0n) is 11.0. The molecule has 16 heavy (non-hydrogen) atoms. The van der Waals surface area contributed by atoms with Crippen LogP contribution in [0.2, 0.25) is 0 Å². The van der Waals surface area contributed by atoms with E-state index in [1.54, 1.807) is 0 Å². The van der Waals surface area contributed by atoms with Crippen LogP contribution in [0.25, 0.3) is 0 Å². The number of rotatable bonds is 4. The Balaban J connectivity index is 2.13. The van der Waals surface area contributed by atoms with Crippen LogP contribution in [-0.4, -0.2) is 30.1 Å². The first-order valence-corrected chi connectivity index (χ1v) is 7.17. The highest BCUT2D eigenvalue weighted by molar-refractivity contribution is 5.01. The fourth-order valence-electron chi connectivity index (χ4n) is 3.89. The predicted molar refractivity (Wildman–Crippen MR) is 69.4 cm³/mol. The molecule has 0 aromatic heterocycles. The molecule has 2 aliphatic rings. The monoisotopic (exact) mass is 224 g/mol. The second-order valence-electron chi connectivity index (χ2n) is 5.85. The highest BCUT2D eigenvalue weighted by atomic mass is 15.2. The molecule has 0 radical (unpaired) electrons. The zero-order valence-corrected chi connectivity index (χ0v) is 11.0. The molecule has 0 saturated heterocycles. The van der Waals surface area contributed by atoms with Gasteiger partial charge in [0.05, 0.1) is 0 Å². The van der Waals surface area contributed by atoms with Crippen LogP contribution in [0.4, 0.5) is 0 Å². The van der Waals surface area contributed by atoms with Crippen LogP contribution in [0, 0.1) is 5.92 Å². The van der Waals surface area contributed by atoms with E-state index in [4.69, 9.17) is 5.73 Å². The molecule has 0 amide bonds. The third-order valence-corrected chi connectivity index (χ3v) is 5.34. The van der Waals surface area contributed by atoms with Gasteiger partial charge in [0.25, 0.3) is 0 Å². The molecule has 2 aliphatic carbocycles. The molecule has 0 aromatic carbocycles. The predicted octanol–water partition coefficient (Wildman–Crippen LogP) is 2.77. The average Bonchev–Trinajstić information content (AvgIpc) is 2.26. The van der Waals surface area contributed by atoms with Crippen molar-refractivity contribution in [2.24, 2.45) is 11.7 Å². The normalized spacial score (nSPS) is 36.4. The molecule has 2 saturated carbocycles. The molecule has 2 fully saturated rings. The molecule has 2 rings (SSSR count). The van der Waals surface area contributed by atoms with E-state index in [9.17, 15) is 0 Å². The van der Waals surface area contributed by atoms with Crippen molar-refractivity contribution in [1.29, 1.82) is 0 Å². The molecule has 0 aliphatic heterocycles. The van der Waals surface area contributed by atoms with Gasteiger partial charge in [-0.05, 0) is 38.6 Å². The fourth-order valence-corrected chi connectivity index (χ4v) is 3.89. The van der Waals surface area contributed by atoms with Crippen LogP contribution < -0.4 is 5.73 Å². The molecular formula is C14H28N2. The van der Waals surface area contributed by atoms with Gasteiger partial charge in [0.1, 0.15) is 0 Å². The van der Waals surface area contributed by atoms with Gasteiger partial charge in [0.2, 0.25) is 0 Å². The third-order valence-electron chi connectivity index (χ3n) is 5.34. The third kappa shape index (κ3) is 1.91.